The van der Waals surface area contributed by atoms with Crippen molar-refractivity contribution in [1.82, 2.24) is 14.9 Å². The number of anilines is 2. The van der Waals surface area contributed by atoms with Crippen molar-refractivity contribution < 1.29 is 9.13 Å². The Bertz CT molecular complexity index is 1070. The number of aryl methyl sites for hydroxylation is 1. The summed E-state index contributed by atoms with van der Waals surface area (Å²) in [6.45, 7) is 4.07. The smallest absolute Gasteiger partial charge is 0.227 e. The summed E-state index contributed by atoms with van der Waals surface area (Å²) in [6, 6.07) is 12.9. The van der Waals surface area contributed by atoms with Crippen LogP contribution in [-0.2, 0) is 6.54 Å². The van der Waals surface area contributed by atoms with Crippen LogP contribution >= 0.6 is 0 Å². The molecule has 0 amide bonds. The Morgan fingerprint density at radius 2 is 2.03 bits per heavy atom. The van der Waals surface area contributed by atoms with Crippen molar-refractivity contribution >= 4 is 11.6 Å². The molecule has 1 aliphatic heterocycles. The fourth-order valence-corrected chi connectivity index (χ4v) is 3.45. The zero-order valence-electron chi connectivity index (χ0n) is 17.2. The maximum Gasteiger partial charge on any atom is 0.227 e. The molecule has 6 heteroatoms. The second-order valence-electron chi connectivity index (χ2n) is 7.53. The second-order valence-corrected chi connectivity index (χ2v) is 7.53. The van der Waals surface area contributed by atoms with Crippen molar-refractivity contribution in [3.05, 3.63) is 77.8 Å². The van der Waals surface area contributed by atoms with Crippen molar-refractivity contribution in [2.24, 2.45) is 0 Å². The molecule has 0 fully saturated rings. The van der Waals surface area contributed by atoms with E-state index in [0.717, 1.165) is 30.8 Å². The van der Waals surface area contributed by atoms with Crippen LogP contribution in [0.5, 0.6) is 5.75 Å². The molecule has 2 aromatic carbocycles. The minimum absolute atomic E-state index is 0.353. The van der Waals surface area contributed by atoms with Crippen molar-refractivity contribution in [2.45, 2.75) is 19.9 Å². The predicted molar refractivity (Wildman–Crippen MR) is 117 cm³/mol. The molecule has 1 N–H and O–H groups in total. The molecule has 0 unspecified atom stereocenters. The number of likely N-dealkylation sites (N-methyl/N-ethyl adjacent to an activating group) is 1. The summed E-state index contributed by atoms with van der Waals surface area (Å²) in [5, 5.41) is 3.27. The molecule has 0 spiro atoms. The van der Waals surface area contributed by atoms with Crippen LogP contribution in [0.4, 0.5) is 16.0 Å². The monoisotopic (exact) mass is 404 g/mol. The number of nitrogens with zero attached hydrogens (tertiary/aromatic N) is 3. The van der Waals surface area contributed by atoms with E-state index in [9.17, 15) is 4.39 Å². The highest BCUT2D eigenvalue weighted by Crippen LogP contribution is 2.28. The average Bonchev–Trinajstić information content (AvgIpc) is 2.71. The lowest BCUT2D eigenvalue weighted by Crippen LogP contribution is -2.17. The normalized spacial score (nSPS) is 14.9. The number of benzene rings is 2. The number of hydrogen-bond acceptors (Lipinski definition) is 5. The summed E-state index contributed by atoms with van der Waals surface area (Å²) in [7, 11) is 2.09. The highest BCUT2D eigenvalue weighted by Gasteiger charge is 2.11. The summed E-state index contributed by atoms with van der Waals surface area (Å²) in [4.78, 5) is 11.3. The highest BCUT2D eigenvalue weighted by molar-refractivity contribution is 5.66. The number of fused-ring (bicyclic) bond motifs is 7. The molecule has 3 aromatic rings. The molecule has 0 aliphatic carbocycles. The molecule has 0 atom stereocenters. The Labute approximate surface area is 176 Å². The van der Waals surface area contributed by atoms with Gasteiger partial charge in [0.05, 0.1) is 12.3 Å². The van der Waals surface area contributed by atoms with Crippen molar-refractivity contribution in [2.75, 3.05) is 25.5 Å². The summed E-state index contributed by atoms with van der Waals surface area (Å²) >= 11 is 0. The van der Waals surface area contributed by atoms with Crippen LogP contribution in [0.2, 0.25) is 0 Å². The summed E-state index contributed by atoms with van der Waals surface area (Å²) in [5.41, 5.74) is 4.32. The van der Waals surface area contributed by atoms with Crippen LogP contribution in [0.15, 0.2) is 60.8 Å². The van der Waals surface area contributed by atoms with Gasteiger partial charge in [-0.25, -0.2) is 14.4 Å². The van der Waals surface area contributed by atoms with Gasteiger partial charge < -0.3 is 10.1 Å². The van der Waals surface area contributed by atoms with Crippen LogP contribution < -0.4 is 10.1 Å². The van der Waals surface area contributed by atoms with Crippen LogP contribution in [-0.4, -0.2) is 35.1 Å². The molecule has 4 rings (SSSR count). The summed E-state index contributed by atoms with van der Waals surface area (Å²) < 4.78 is 20.0. The van der Waals surface area contributed by atoms with Crippen molar-refractivity contribution in [1.29, 1.82) is 0 Å². The standard InChI is InChI=1S/C24H25FN4O/c1-17-15-26-24-27-21-8-6-7-18(11-21)16-29(2)9-4-3-5-10-30-22-13-19(23(17)28-24)12-20(25)14-22/h3-4,6-8,11-15H,5,9-10,16H2,1-2H3,(H,26,27,28). The average molecular weight is 404 g/mol. The van der Waals surface area contributed by atoms with E-state index in [1.165, 1.54) is 17.7 Å². The van der Waals surface area contributed by atoms with Crippen LogP contribution in [0.3, 0.4) is 0 Å². The largest absolute Gasteiger partial charge is 0.493 e. The molecule has 1 aromatic heterocycles. The maximum atomic E-state index is 14.3. The van der Waals surface area contributed by atoms with Gasteiger partial charge in [-0.05, 0) is 55.8 Å². The Morgan fingerprint density at radius 3 is 2.93 bits per heavy atom. The third-order valence-corrected chi connectivity index (χ3v) is 4.89. The highest BCUT2D eigenvalue weighted by atomic mass is 19.1. The fourth-order valence-electron chi connectivity index (χ4n) is 3.45. The Balaban J connectivity index is 1.73. The quantitative estimate of drug-likeness (QED) is 0.528. The van der Waals surface area contributed by atoms with Gasteiger partial charge >= 0.3 is 0 Å². The first kappa shape index (κ1) is 20.0. The number of aromatic nitrogens is 2. The van der Waals surface area contributed by atoms with Gasteiger partial charge in [-0.2, -0.15) is 0 Å². The topological polar surface area (TPSA) is 50.3 Å². The Kier molecular flexibility index (Phi) is 6.05. The minimum Gasteiger partial charge on any atom is -0.493 e. The van der Waals surface area contributed by atoms with E-state index in [1.807, 2.05) is 25.1 Å². The molecule has 0 saturated carbocycles. The third-order valence-electron chi connectivity index (χ3n) is 4.89. The van der Waals surface area contributed by atoms with E-state index in [-0.39, 0.29) is 5.82 Å². The molecule has 6 bridgehead atoms. The molecule has 30 heavy (non-hydrogen) atoms. The van der Waals surface area contributed by atoms with Gasteiger partial charge in [-0.3, -0.25) is 4.90 Å². The van der Waals surface area contributed by atoms with Gasteiger partial charge in [-0.1, -0.05) is 24.3 Å². The first-order chi connectivity index (χ1) is 14.6. The lowest BCUT2D eigenvalue weighted by molar-refractivity contribution is 0.322. The van der Waals surface area contributed by atoms with Gasteiger partial charge in [0.25, 0.3) is 0 Å². The zero-order chi connectivity index (χ0) is 20.9. The molecule has 0 radical (unpaired) electrons. The SMILES string of the molecule is Cc1cnc2nc1-c1cc(F)cc(c1)OCCC=CCN(C)Cc1cccc(c1)N2. The Morgan fingerprint density at radius 1 is 1.13 bits per heavy atom. The predicted octanol–water partition coefficient (Wildman–Crippen LogP) is 5.11. The van der Waals surface area contributed by atoms with E-state index >= 15 is 0 Å². The van der Waals surface area contributed by atoms with E-state index in [2.05, 4.69) is 51.5 Å². The van der Waals surface area contributed by atoms with Gasteiger partial charge in [0.1, 0.15) is 11.6 Å². The zero-order valence-corrected chi connectivity index (χ0v) is 17.2. The number of rotatable bonds is 0. The molecule has 0 saturated heterocycles. The van der Waals surface area contributed by atoms with Gasteiger partial charge in [0.15, 0.2) is 0 Å². The van der Waals surface area contributed by atoms with E-state index in [1.54, 1.807) is 6.20 Å². The number of halogens is 1. The summed E-state index contributed by atoms with van der Waals surface area (Å²) in [6.07, 6.45) is 6.74. The molecule has 1 aliphatic rings. The Hall–Kier alpha value is -3.25. The van der Waals surface area contributed by atoms with Crippen LogP contribution in [0, 0.1) is 12.7 Å². The molecule has 2 heterocycles. The number of ether oxygens (including phenoxy) is 1. The molecule has 5 nitrogen and oxygen atoms in total. The molecular formula is C24H25FN4O. The second kappa shape index (κ2) is 9.05. The van der Waals surface area contributed by atoms with E-state index in [0.29, 0.717) is 29.6 Å². The van der Waals surface area contributed by atoms with Gasteiger partial charge in [0, 0.05) is 36.6 Å². The van der Waals surface area contributed by atoms with Gasteiger partial charge in [0.2, 0.25) is 5.95 Å². The first-order valence-corrected chi connectivity index (χ1v) is 10.0. The van der Waals surface area contributed by atoms with E-state index in [4.69, 9.17) is 4.74 Å². The maximum absolute atomic E-state index is 14.3. The van der Waals surface area contributed by atoms with Crippen LogP contribution in [0.1, 0.15) is 17.5 Å². The lowest BCUT2D eigenvalue weighted by atomic mass is 10.1. The first-order valence-electron chi connectivity index (χ1n) is 10.0. The minimum atomic E-state index is -0.353. The molecular weight excluding hydrogens is 379 g/mol. The third kappa shape index (κ3) is 5.02. The van der Waals surface area contributed by atoms with Gasteiger partial charge in [-0.15, -0.1) is 0 Å². The number of hydrogen-bond donors (Lipinski definition) is 1. The number of nitrogens with one attached hydrogen (secondary N) is 1. The van der Waals surface area contributed by atoms with E-state index < -0.39 is 0 Å². The lowest BCUT2D eigenvalue weighted by Gasteiger charge is -2.16. The summed E-state index contributed by atoms with van der Waals surface area (Å²) in [5.74, 6) is 0.614. The van der Waals surface area contributed by atoms with Crippen LogP contribution in [0.25, 0.3) is 11.3 Å². The van der Waals surface area contributed by atoms with Crippen molar-refractivity contribution in [3.8, 4) is 17.0 Å². The van der Waals surface area contributed by atoms with Crippen molar-refractivity contribution in [3.63, 3.8) is 0 Å². The fraction of sp³-hybridized carbons (Fsp3) is 0.250. The molecule has 154 valence electrons.